The van der Waals surface area contributed by atoms with E-state index in [1.807, 2.05) is 6.07 Å². The highest BCUT2D eigenvalue weighted by molar-refractivity contribution is 5.91. The third kappa shape index (κ3) is 4.80. The lowest BCUT2D eigenvalue weighted by Gasteiger charge is -2.24. The summed E-state index contributed by atoms with van der Waals surface area (Å²) in [6.45, 7) is 1.25. The van der Waals surface area contributed by atoms with E-state index in [2.05, 4.69) is 9.97 Å². The molecular formula is C23H22FN3O3. The van der Waals surface area contributed by atoms with Crippen molar-refractivity contribution in [3.05, 3.63) is 82.2 Å². The number of rotatable bonds is 6. The number of hydrogen-bond acceptors (Lipinski definition) is 4. The van der Waals surface area contributed by atoms with Gasteiger partial charge >= 0.3 is 0 Å². The summed E-state index contributed by atoms with van der Waals surface area (Å²) < 4.78 is 18.8. The van der Waals surface area contributed by atoms with Crippen LogP contribution in [0, 0.1) is 5.82 Å². The van der Waals surface area contributed by atoms with Crippen LogP contribution in [-0.4, -0.2) is 40.0 Å². The molecular weight excluding hydrogens is 385 g/mol. The number of para-hydroxylation sites is 1. The lowest BCUT2D eigenvalue weighted by Crippen LogP contribution is -2.36. The minimum absolute atomic E-state index is 0.0413. The minimum atomic E-state index is -0.329. The van der Waals surface area contributed by atoms with Gasteiger partial charge in [0.05, 0.1) is 23.6 Å². The number of carbonyl (C=O) groups is 1. The molecule has 1 aromatic heterocycles. The number of amides is 1. The molecule has 4 rings (SSSR count). The first-order valence-corrected chi connectivity index (χ1v) is 9.90. The predicted octanol–water partition coefficient (Wildman–Crippen LogP) is 3.28. The molecule has 1 saturated heterocycles. The summed E-state index contributed by atoms with van der Waals surface area (Å²) in [6.07, 6.45) is 4.89. The van der Waals surface area contributed by atoms with Crippen LogP contribution in [-0.2, 0) is 16.1 Å². The van der Waals surface area contributed by atoms with E-state index in [1.54, 1.807) is 41.3 Å². The molecule has 1 amide bonds. The Morgan fingerprint density at radius 3 is 2.80 bits per heavy atom. The number of aromatic amines is 1. The number of ether oxygens (including phenoxy) is 1. The van der Waals surface area contributed by atoms with Gasteiger partial charge in [-0.1, -0.05) is 24.3 Å². The Labute approximate surface area is 173 Å². The molecule has 0 spiro atoms. The molecule has 3 aromatic rings. The molecule has 0 aliphatic carbocycles. The third-order valence-electron chi connectivity index (χ3n) is 5.05. The summed E-state index contributed by atoms with van der Waals surface area (Å²) in [5, 5.41) is 0.509. The molecule has 2 aromatic carbocycles. The molecule has 154 valence electrons. The number of hydrogen-bond donors (Lipinski definition) is 1. The molecule has 1 aliphatic heterocycles. The summed E-state index contributed by atoms with van der Waals surface area (Å²) >= 11 is 0. The number of fused-ring (bicyclic) bond motifs is 1. The van der Waals surface area contributed by atoms with Gasteiger partial charge < -0.3 is 14.6 Å². The molecule has 1 atom stereocenters. The highest BCUT2D eigenvalue weighted by atomic mass is 19.1. The van der Waals surface area contributed by atoms with Crippen LogP contribution in [0.1, 0.15) is 24.2 Å². The molecule has 7 heteroatoms. The molecule has 1 aliphatic rings. The maximum absolute atomic E-state index is 13.1. The van der Waals surface area contributed by atoms with E-state index in [4.69, 9.17) is 4.74 Å². The van der Waals surface area contributed by atoms with Gasteiger partial charge in [-0.3, -0.25) is 9.59 Å². The topological polar surface area (TPSA) is 75.3 Å². The second-order valence-corrected chi connectivity index (χ2v) is 7.27. The molecule has 6 nitrogen and oxygen atoms in total. The fraction of sp³-hybridized carbons (Fsp3) is 0.261. The molecule has 2 heterocycles. The van der Waals surface area contributed by atoms with Crippen molar-refractivity contribution in [1.29, 1.82) is 0 Å². The van der Waals surface area contributed by atoms with Crippen molar-refractivity contribution in [2.75, 3.05) is 13.2 Å². The smallest absolute Gasteiger partial charge is 0.258 e. The van der Waals surface area contributed by atoms with Crippen molar-refractivity contribution in [2.45, 2.75) is 25.5 Å². The highest BCUT2D eigenvalue weighted by Gasteiger charge is 2.22. The number of aromatic nitrogens is 2. The summed E-state index contributed by atoms with van der Waals surface area (Å²) in [7, 11) is 0. The number of nitrogens with zero attached hydrogens (tertiary/aromatic N) is 2. The molecule has 0 bridgehead atoms. The Hall–Kier alpha value is -3.32. The fourth-order valence-electron chi connectivity index (χ4n) is 3.50. The minimum Gasteiger partial charge on any atom is -0.376 e. The zero-order valence-corrected chi connectivity index (χ0v) is 16.4. The van der Waals surface area contributed by atoms with Crippen molar-refractivity contribution >= 4 is 22.9 Å². The Balaban J connectivity index is 1.56. The van der Waals surface area contributed by atoms with Crippen molar-refractivity contribution in [1.82, 2.24) is 14.9 Å². The summed E-state index contributed by atoms with van der Waals surface area (Å²) in [4.78, 5) is 34.2. The number of carbonyl (C=O) groups excluding carboxylic acids is 1. The second-order valence-electron chi connectivity index (χ2n) is 7.27. The first-order chi connectivity index (χ1) is 14.6. The monoisotopic (exact) mass is 407 g/mol. The summed E-state index contributed by atoms with van der Waals surface area (Å²) in [5.41, 5.74) is 1.07. The zero-order valence-electron chi connectivity index (χ0n) is 16.4. The van der Waals surface area contributed by atoms with E-state index in [0.717, 1.165) is 18.4 Å². The van der Waals surface area contributed by atoms with E-state index >= 15 is 0 Å². The van der Waals surface area contributed by atoms with Gasteiger partial charge in [0.15, 0.2) is 0 Å². The number of nitrogens with one attached hydrogen (secondary N) is 1. The van der Waals surface area contributed by atoms with Gasteiger partial charge in [-0.15, -0.1) is 0 Å². The van der Waals surface area contributed by atoms with Crippen molar-refractivity contribution < 1.29 is 13.9 Å². The number of benzene rings is 2. The van der Waals surface area contributed by atoms with Crippen LogP contribution >= 0.6 is 0 Å². The summed E-state index contributed by atoms with van der Waals surface area (Å²) in [6, 6.07) is 13.0. The molecule has 1 N–H and O–H groups in total. The Morgan fingerprint density at radius 1 is 1.23 bits per heavy atom. The molecule has 0 saturated carbocycles. The van der Waals surface area contributed by atoms with E-state index in [0.29, 0.717) is 29.9 Å². The van der Waals surface area contributed by atoms with Crippen molar-refractivity contribution in [3.8, 4) is 0 Å². The van der Waals surface area contributed by atoms with Crippen molar-refractivity contribution in [3.63, 3.8) is 0 Å². The van der Waals surface area contributed by atoms with Gasteiger partial charge in [-0.2, -0.15) is 0 Å². The van der Waals surface area contributed by atoms with Gasteiger partial charge in [-0.25, -0.2) is 9.37 Å². The largest absolute Gasteiger partial charge is 0.376 e. The zero-order chi connectivity index (χ0) is 20.9. The summed E-state index contributed by atoms with van der Waals surface area (Å²) in [5.74, 6) is -0.143. The number of halogens is 1. The standard InChI is InChI=1S/C23H22FN3O3/c24-17-10-7-16(8-11-17)9-12-22(28)27(14-18-4-3-13-30-18)15-21-25-20-6-2-1-5-19(20)23(29)26-21/h1-2,5-12,18H,3-4,13-15H2,(H,25,26,29)/b12-9+. The molecule has 30 heavy (non-hydrogen) atoms. The maximum atomic E-state index is 13.1. The maximum Gasteiger partial charge on any atom is 0.258 e. The SMILES string of the molecule is O=C(/C=C/c1ccc(F)cc1)N(Cc1nc2ccccc2c(=O)[nH]1)CC1CCCO1. The first-order valence-electron chi connectivity index (χ1n) is 9.90. The quantitative estimate of drug-likeness (QED) is 0.637. The van der Waals surface area contributed by atoms with Crippen molar-refractivity contribution in [2.24, 2.45) is 0 Å². The van der Waals surface area contributed by atoms with Gasteiger partial charge in [0, 0.05) is 19.2 Å². The Kier molecular flexibility index (Phi) is 5.99. The van der Waals surface area contributed by atoms with Gasteiger partial charge in [-0.05, 0) is 48.7 Å². The highest BCUT2D eigenvalue weighted by Crippen LogP contribution is 2.16. The lowest BCUT2D eigenvalue weighted by molar-refractivity contribution is -0.128. The van der Waals surface area contributed by atoms with E-state index < -0.39 is 0 Å². The predicted molar refractivity (Wildman–Crippen MR) is 112 cm³/mol. The fourth-order valence-corrected chi connectivity index (χ4v) is 3.50. The second kappa shape index (κ2) is 9.00. The van der Waals surface area contributed by atoms with Crippen LogP contribution in [0.25, 0.3) is 17.0 Å². The normalized spacial score (nSPS) is 16.4. The third-order valence-corrected chi connectivity index (χ3v) is 5.05. The van der Waals surface area contributed by atoms with Crippen LogP contribution in [0.15, 0.2) is 59.4 Å². The average Bonchev–Trinajstić information content (AvgIpc) is 3.26. The number of H-pyrrole nitrogens is 1. The van der Waals surface area contributed by atoms with Crippen LogP contribution in [0.4, 0.5) is 4.39 Å². The van der Waals surface area contributed by atoms with E-state index in [9.17, 15) is 14.0 Å². The van der Waals surface area contributed by atoms with Crippen LogP contribution in [0.5, 0.6) is 0 Å². The molecule has 0 radical (unpaired) electrons. The van der Waals surface area contributed by atoms with Crippen LogP contribution < -0.4 is 5.56 Å². The molecule has 1 fully saturated rings. The van der Waals surface area contributed by atoms with Gasteiger partial charge in [0.1, 0.15) is 11.6 Å². The van der Waals surface area contributed by atoms with E-state index in [1.165, 1.54) is 18.2 Å². The van der Waals surface area contributed by atoms with Crippen LogP contribution in [0.2, 0.25) is 0 Å². The first kappa shape index (κ1) is 20.0. The van der Waals surface area contributed by atoms with Crippen LogP contribution in [0.3, 0.4) is 0 Å². The lowest BCUT2D eigenvalue weighted by atomic mass is 10.2. The van der Waals surface area contributed by atoms with E-state index in [-0.39, 0.29) is 29.9 Å². The molecule has 1 unspecified atom stereocenters. The van der Waals surface area contributed by atoms with Gasteiger partial charge in [0.25, 0.3) is 5.56 Å². The van der Waals surface area contributed by atoms with Gasteiger partial charge in [0.2, 0.25) is 5.91 Å². The Morgan fingerprint density at radius 2 is 2.03 bits per heavy atom. The average molecular weight is 407 g/mol. The Bertz CT molecular complexity index is 1120.